The third kappa shape index (κ3) is 10.6. The number of hydrogen-bond acceptors (Lipinski definition) is 16. The summed E-state index contributed by atoms with van der Waals surface area (Å²) in [5.74, 6) is -3.22. The fraction of sp³-hybridized carbons (Fsp3) is 0.463. The van der Waals surface area contributed by atoms with Gasteiger partial charge < -0.3 is 34.0 Å². The smallest absolute Gasteiger partial charge is 0.413 e. The van der Waals surface area contributed by atoms with Crippen molar-refractivity contribution in [1.29, 1.82) is 0 Å². The van der Waals surface area contributed by atoms with Crippen LogP contribution in [0.3, 0.4) is 0 Å². The van der Waals surface area contributed by atoms with Gasteiger partial charge in [0.05, 0.1) is 19.6 Å². The second kappa shape index (κ2) is 18.1. The first-order valence-electron chi connectivity index (χ1n) is 19.7. The molecule has 2 aromatic carbocycles. The number of fused-ring (bicyclic) bond motifs is 1. The Morgan fingerprint density at radius 2 is 1.59 bits per heavy atom. The second-order valence-electron chi connectivity index (χ2n) is 17.1. The molecule has 334 valence electrons. The number of carbonyl (C=O) groups excluding carboxylic acids is 6. The molecule has 63 heavy (non-hydrogen) atoms. The minimum Gasteiger partial charge on any atom is -0.457 e. The number of nitrogens with zero attached hydrogens (tertiary/aromatic N) is 7. The largest absolute Gasteiger partial charge is 0.457 e. The number of hydrogen-bond donors (Lipinski definition) is 2. The summed E-state index contributed by atoms with van der Waals surface area (Å²) >= 11 is 1.85. The lowest BCUT2D eigenvalue weighted by Crippen LogP contribution is -2.68. The first-order valence-corrected chi connectivity index (χ1v) is 21.4. The molecule has 3 aliphatic rings. The molecule has 3 aliphatic heterocycles. The summed E-state index contributed by atoms with van der Waals surface area (Å²) in [4.78, 5) is 95.4. The minimum atomic E-state index is -1.89. The number of oxime groups is 1. The molecule has 1 aromatic heterocycles. The van der Waals surface area contributed by atoms with Gasteiger partial charge >= 0.3 is 24.1 Å². The molecule has 0 aliphatic carbocycles. The topological polar surface area (TPSA) is 253 Å². The van der Waals surface area contributed by atoms with Crippen molar-refractivity contribution in [3.05, 3.63) is 93.3 Å². The van der Waals surface area contributed by atoms with E-state index < -0.39 is 86.9 Å². The van der Waals surface area contributed by atoms with Gasteiger partial charge in [0.2, 0.25) is 16.4 Å². The summed E-state index contributed by atoms with van der Waals surface area (Å²) < 4.78 is 22.6. The van der Waals surface area contributed by atoms with Crippen LogP contribution in [0.25, 0.3) is 10.4 Å². The molecule has 3 saturated heterocycles. The number of benzene rings is 2. The number of nitrogens with one attached hydrogen (secondary N) is 2. The number of cyclic esters (lactones) is 1. The van der Waals surface area contributed by atoms with Gasteiger partial charge in [-0.15, -0.1) is 11.3 Å². The molecule has 2 N–H and O–H groups in total. The van der Waals surface area contributed by atoms with E-state index in [-0.39, 0.29) is 30.5 Å². The molecule has 4 amide bonds. The SMILES string of the molecule is CC(C)(C)OC(=O)Nc1nc(/C(=N/OC(C)(C)C(=O)OC(C)(C)C)C(=O)N[C@@H]2C(=O)N3C[C@@](C(=O)OC(c4ccccc4)c4ccccc4)(N4CC(CN=[N+]=[N-])OC4=O)S[C@H]23)cs1. The molecule has 4 atom stereocenters. The summed E-state index contributed by atoms with van der Waals surface area (Å²) in [6.45, 7) is 12.1. The quantitative estimate of drug-likeness (QED) is 0.0280. The standard InChI is InChI=1S/C41H47N9O11S2/c1-38(2,3)59-33(53)40(7,8)61-47-27(26-21-62-35(44-26)46-36(55)60-39(4,5)6)30(51)45-28-31(52)49-22-41(63-32(28)49,50-20-25(19-43-48-42)57-37(50)56)34(54)58-29(23-15-11-9-12-16-23)24-17-13-10-14-18-24/h9-18,21,25,28-29,32H,19-20,22H2,1-8H3,(H,45,51)(H,44,46,55)/b47-27-/t25?,28-,32-,41-/m1/s1. The van der Waals surface area contributed by atoms with E-state index in [4.69, 9.17) is 29.3 Å². The van der Waals surface area contributed by atoms with Crippen molar-refractivity contribution in [2.75, 3.05) is 25.0 Å². The van der Waals surface area contributed by atoms with E-state index in [1.807, 2.05) is 12.1 Å². The van der Waals surface area contributed by atoms with Crippen LogP contribution < -0.4 is 10.6 Å². The van der Waals surface area contributed by atoms with E-state index in [1.54, 1.807) is 90.1 Å². The van der Waals surface area contributed by atoms with Crippen molar-refractivity contribution in [3.8, 4) is 0 Å². The molecule has 3 aromatic rings. The van der Waals surface area contributed by atoms with Gasteiger partial charge in [0, 0.05) is 10.3 Å². The molecule has 6 rings (SSSR count). The molecule has 0 bridgehead atoms. The molecule has 20 nitrogen and oxygen atoms in total. The molecular weight excluding hydrogens is 859 g/mol. The lowest BCUT2D eigenvalue weighted by Gasteiger charge is -2.41. The van der Waals surface area contributed by atoms with Crippen LogP contribution in [0.2, 0.25) is 0 Å². The highest BCUT2D eigenvalue weighted by atomic mass is 32.2. The van der Waals surface area contributed by atoms with E-state index >= 15 is 0 Å². The normalized spacial score (nSPS) is 21.1. The van der Waals surface area contributed by atoms with Crippen molar-refractivity contribution in [1.82, 2.24) is 20.1 Å². The Bertz CT molecular complexity index is 2290. The Morgan fingerprint density at radius 3 is 2.17 bits per heavy atom. The van der Waals surface area contributed by atoms with Crippen molar-refractivity contribution < 1.29 is 52.6 Å². The predicted molar refractivity (Wildman–Crippen MR) is 229 cm³/mol. The number of anilines is 1. The van der Waals surface area contributed by atoms with Gasteiger partial charge in [-0.2, -0.15) is 0 Å². The number of amides is 4. The number of azide groups is 1. The summed E-state index contributed by atoms with van der Waals surface area (Å²) in [6, 6.07) is 16.7. The number of carbonyl (C=O) groups is 6. The first kappa shape index (κ1) is 46.1. The number of thiazole rings is 1. The average Bonchev–Trinajstić information content (AvgIpc) is 3.93. The van der Waals surface area contributed by atoms with E-state index in [0.717, 1.165) is 28.0 Å². The van der Waals surface area contributed by atoms with Crippen molar-refractivity contribution >= 4 is 69.9 Å². The lowest BCUT2D eigenvalue weighted by molar-refractivity contribution is -0.179. The molecule has 0 spiro atoms. The third-order valence-electron chi connectivity index (χ3n) is 9.36. The Morgan fingerprint density at radius 1 is 0.968 bits per heavy atom. The summed E-state index contributed by atoms with van der Waals surface area (Å²) in [7, 11) is 0. The van der Waals surface area contributed by atoms with Crippen LogP contribution in [0.1, 0.15) is 78.3 Å². The fourth-order valence-electron chi connectivity index (χ4n) is 6.46. The van der Waals surface area contributed by atoms with Crippen molar-refractivity contribution in [2.45, 2.75) is 101 Å². The average molecular weight is 906 g/mol. The maximum absolute atomic E-state index is 14.8. The number of aromatic nitrogens is 1. The molecule has 3 fully saturated rings. The minimum absolute atomic E-state index is 0.0345. The van der Waals surface area contributed by atoms with Crippen LogP contribution in [-0.2, 0) is 43.0 Å². The Labute approximate surface area is 370 Å². The first-order chi connectivity index (χ1) is 29.6. The van der Waals surface area contributed by atoms with Gasteiger partial charge in [0.1, 0.15) is 34.4 Å². The van der Waals surface area contributed by atoms with E-state index in [0.29, 0.717) is 11.1 Å². The molecule has 4 heterocycles. The zero-order valence-corrected chi connectivity index (χ0v) is 37.4. The van der Waals surface area contributed by atoms with Crippen LogP contribution in [0.15, 0.2) is 76.3 Å². The van der Waals surface area contributed by atoms with Gasteiger partial charge in [0.25, 0.3) is 5.91 Å². The third-order valence-corrected chi connectivity index (χ3v) is 11.8. The Hall–Kier alpha value is -6.38. The van der Waals surface area contributed by atoms with Crippen LogP contribution in [0.4, 0.5) is 14.7 Å². The van der Waals surface area contributed by atoms with Crippen molar-refractivity contribution in [3.63, 3.8) is 0 Å². The lowest BCUT2D eigenvalue weighted by atomic mass is 10.0. The summed E-state index contributed by atoms with van der Waals surface area (Å²) in [5.41, 5.74) is 6.24. The molecule has 0 saturated carbocycles. The van der Waals surface area contributed by atoms with Crippen LogP contribution in [0, 0.1) is 0 Å². The number of β-lactam (4-membered cyclic amide) rings is 1. The van der Waals surface area contributed by atoms with Crippen molar-refractivity contribution in [2.24, 2.45) is 10.3 Å². The highest BCUT2D eigenvalue weighted by Crippen LogP contribution is 2.51. The van der Waals surface area contributed by atoms with Gasteiger partial charge in [-0.3, -0.25) is 19.8 Å². The monoisotopic (exact) mass is 905 g/mol. The molecular formula is C41H47N9O11S2. The summed E-state index contributed by atoms with van der Waals surface area (Å²) in [6.07, 6.45) is -3.54. The van der Waals surface area contributed by atoms with Gasteiger partial charge in [-0.25, -0.2) is 24.2 Å². The number of ether oxygens (including phenoxy) is 4. The highest BCUT2D eigenvalue weighted by molar-refractivity contribution is 8.02. The molecule has 1 unspecified atom stereocenters. The summed E-state index contributed by atoms with van der Waals surface area (Å²) in [5, 5.41) is 13.2. The van der Waals surface area contributed by atoms with E-state index in [9.17, 15) is 28.8 Å². The number of esters is 2. The van der Waals surface area contributed by atoms with Crippen LogP contribution >= 0.6 is 23.1 Å². The van der Waals surface area contributed by atoms with E-state index in [2.05, 4.69) is 30.8 Å². The zero-order chi connectivity index (χ0) is 45.9. The zero-order valence-electron chi connectivity index (χ0n) is 35.7. The molecule has 22 heteroatoms. The Kier molecular flexibility index (Phi) is 13.3. The van der Waals surface area contributed by atoms with Crippen LogP contribution in [0.5, 0.6) is 0 Å². The predicted octanol–water partition coefficient (Wildman–Crippen LogP) is 5.89. The maximum Gasteiger partial charge on any atom is 0.413 e. The maximum atomic E-state index is 14.8. The number of thioether (sulfide) groups is 1. The Balaban J connectivity index is 1.30. The van der Waals surface area contributed by atoms with Gasteiger partial charge in [-0.1, -0.05) is 82.7 Å². The van der Waals surface area contributed by atoms with Crippen LogP contribution in [-0.4, -0.2) is 115 Å². The fourth-order valence-corrected chi connectivity index (χ4v) is 8.80. The van der Waals surface area contributed by atoms with E-state index in [1.165, 1.54) is 24.1 Å². The van der Waals surface area contributed by atoms with Gasteiger partial charge in [0.15, 0.2) is 16.9 Å². The highest BCUT2D eigenvalue weighted by Gasteiger charge is 2.67. The number of rotatable bonds is 14. The second-order valence-corrected chi connectivity index (χ2v) is 19.3. The van der Waals surface area contributed by atoms with Gasteiger partial charge in [-0.05, 0) is 72.0 Å². The molecule has 0 radical (unpaired) electrons.